The van der Waals surface area contributed by atoms with Gasteiger partial charge in [0.2, 0.25) is 0 Å². The molecule has 2 rings (SSSR count). The summed E-state index contributed by atoms with van der Waals surface area (Å²) in [7, 11) is 2.21. The molecule has 2 N–H and O–H groups in total. The fourth-order valence-corrected chi connectivity index (χ4v) is 3.48. The molecule has 2 aliphatic rings. The molecule has 0 spiro atoms. The largest absolute Gasteiger partial charge is 0.378 e. The van der Waals surface area contributed by atoms with E-state index in [2.05, 4.69) is 18.9 Å². The number of hydrogen-bond acceptors (Lipinski definition) is 4. The van der Waals surface area contributed by atoms with Crippen LogP contribution in [0.1, 0.15) is 45.4 Å². The molecule has 112 valence electrons. The summed E-state index contributed by atoms with van der Waals surface area (Å²) in [5, 5.41) is 0. The van der Waals surface area contributed by atoms with Gasteiger partial charge in [0.05, 0.1) is 12.2 Å². The Morgan fingerprint density at radius 3 is 2.68 bits per heavy atom. The van der Waals surface area contributed by atoms with E-state index >= 15 is 0 Å². The number of ether oxygens (including phenoxy) is 2. The molecule has 0 aromatic heterocycles. The maximum atomic E-state index is 6.13. The third-order valence-electron chi connectivity index (χ3n) is 4.83. The molecule has 3 atom stereocenters. The summed E-state index contributed by atoms with van der Waals surface area (Å²) in [5.41, 5.74) is 6.25. The maximum absolute atomic E-state index is 6.13. The van der Waals surface area contributed by atoms with Crippen molar-refractivity contribution in [2.24, 2.45) is 5.73 Å². The number of nitrogens with zero attached hydrogens (tertiary/aromatic N) is 1. The smallest absolute Gasteiger partial charge is 0.0702 e. The molecule has 0 bridgehead atoms. The first-order valence-electron chi connectivity index (χ1n) is 7.84. The Labute approximate surface area is 117 Å². The highest BCUT2D eigenvalue weighted by Crippen LogP contribution is 2.32. The Morgan fingerprint density at radius 1 is 1.26 bits per heavy atom. The number of nitrogens with two attached hydrogens (primary N) is 1. The van der Waals surface area contributed by atoms with Gasteiger partial charge in [-0.1, -0.05) is 13.3 Å². The SMILES string of the molecule is CCCC1CC(CN)(N(C)CC2CCCO2)CCO1. The summed E-state index contributed by atoms with van der Waals surface area (Å²) in [6.45, 7) is 5.72. The summed E-state index contributed by atoms with van der Waals surface area (Å²) in [4.78, 5) is 2.45. The van der Waals surface area contributed by atoms with E-state index in [4.69, 9.17) is 15.2 Å². The highest BCUT2D eigenvalue weighted by atomic mass is 16.5. The van der Waals surface area contributed by atoms with Crippen LogP contribution in [0.5, 0.6) is 0 Å². The normalized spacial score (nSPS) is 36.0. The molecule has 0 aliphatic carbocycles. The van der Waals surface area contributed by atoms with Crippen LogP contribution in [-0.4, -0.2) is 56.0 Å². The Balaban J connectivity index is 1.94. The van der Waals surface area contributed by atoms with Gasteiger partial charge in [-0.2, -0.15) is 0 Å². The van der Waals surface area contributed by atoms with Crippen molar-refractivity contribution in [2.75, 3.05) is 33.4 Å². The van der Waals surface area contributed by atoms with E-state index in [-0.39, 0.29) is 5.54 Å². The van der Waals surface area contributed by atoms with Gasteiger partial charge in [0.25, 0.3) is 0 Å². The molecular formula is C15H30N2O2. The molecule has 0 amide bonds. The second-order valence-electron chi connectivity index (χ2n) is 6.18. The Morgan fingerprint density at radius 2 is 2.05 bits per heavy atom. The minimum Gasteiger partial charge on any atom is -0.378 e. The molecule has 0 saturated carbocycles. The molecule has 0 aromatic rings. The van der Waals surface area contributed by atoms with E-state index in [0.717, 1.165) is 45.6 Å². The van der Waals surface area contributed by atoms with E-state index in [9.17, 15) is 0 Å². The van der Waals surface area contributed by atoms with Crippen LogP contribution < -0.4 is 5.73 Å². The van der Waals surface area contributed by atoms with E-state index < -0.39 is 0 Å². The van der Waals surface area contributed by atoms with E-state index in [0.29, 0.717) is 12.2 Å². The van der Waals surface area contributed by atoms with Crippen molar-refractivity contribution >= 4 is 0 Å². The average molecular weight is 270 g/mol. The van der Waals surface area contributed by atoms with Crippen LogP contribution in [0.2, 0.25) is 0 Å². The van der Waals surface area contributed by atoms with Gasteiger partial charge in [0, 0.05) is 31.8 Å². The molecule has 0 radical (unpaired) electrons. The minimum absolute atomic E-state index is 0.115. The van der Waals surface area contributed by atoms with Crippen molar-refractivity contribution in [1.29, 1.82) is 0 Å². The van der Waals surface area contributed by atoms with Gasteiger partial charge in [0.1, 0.15) is 0 Å². The van der Waals surface area contributed by atoms with Crippen molar-refractivity contribution in [3.63, 3.8) is 0 Å². The fraction of sp³-hybridized carbons (Fsp3) is 1.00. The average Bonchev–Trinajstić information content (AvgIpc) is 2.92. The van der Waals surface area contributed by atoms with Crippen molar-refractivity contribution in [2.45, 2.75) is 63.2 Å². The maximum Gasteiger partial charge on any atom is 0.0702 e. The summed E-state index contributed by atoms with van der Waals surface area (Å²) >= 11 is 0. The van der Waals surface area contributed by atoms with Crippen LogP contribution in [0.25, 0.3) is 0 Å². The standard InChI is InChI=1S/C15H30N2O2/c1-3-5-13-10-15(12-16,7-9-19-13)17(2)11-14-6-4-8-18-14/h13-14H,3-12,16H2,1-2H3. The molecule has 2 saturated heterocycles. The number of hydrogen-bond donors (Lipinski definition) is 1. The van der Waals surface area contributed by atoms with E-state index in [1.165, 1.54) is 19.3 Å². The van der Waals surface area contributed by atoms with Crippen LogP contribution >= 0.6 is 0 Å². The number of rotatable bonds is 6. The zero-order valence-corrected chi connectivity index (χ0v) is 12.6. The van der Waals surface area contributed by atoms with Gasteiger partial charge in [-0.15, -0.1) is 0 Å². The van der Waals surface area contributed by atoms with Gasteiger partial charge in [-0.25, -0.2) is 0 Å². The first-order valence-corrected chi connectivity index (χ1v) is 7.84. The Kier molecular flexibility index (Phi) is 5.63. The fourth-order valence-electron chi connectivity index (χ4n) is 3.48. The van der Waals surface area contributed by atoms with Gasteiger partial charge in [-0.05, 0) is 39.2 Å². The first-order chi connectivity index (χ1) is 9.20. The molecule has 2 heterocycles. The van der Waals surface area contributed by atoms with Gasteiger partial charge >= 0.3 is 0 Å². The van der Waals surface area contributed by atoms with Crippen LogP contribution in [0.3, 0.4) is 0 Å². The highest BCUT2D eigenvalue weighted by Gasteiger charge is 2.39. The van der Waals surface area contributed by atoms with Crippen molar-refractivity contribution < 1.29 is 9.47 Å². The Hall–Kier alpha value is -0.160. The van der Waals surface area contributed by atoms with Crippen LogP contribution in [-0.2, 0) is 9.47 Å². The molecule has 0 aromatic carbocycles. The second-order valence-corrected chi connectivity index (χ2v) is 6.18. The summed E-state index contributed by atoms with van der Waals surface area (Å²) in [6, 6.07) is 0. The number of likely N-dealkylation sites (N-methyl/N-ethyl adjacent to an activating group) is 1. The first kappa shape index (κ1) is 15.2. The highest BCUT2D eigenvalue weighted by molar-refractivity contribution is 4.96. The lowest BCUT2D eigenvalue weighted by molar-refractivity contribution is -0.0758. The van der Waals surface area contributed by atoms with Crippen molar-refractivity contribution in [3.05, 3.63) is 0 Å². The third-order valence-corrected chi connectivity index (χ3v) is 4.83. The predicted molar refractivity (Wildman–Crippen MR) is 77.3 cm³/mol. The zero-order valence-electron chi connectivity index (χ0n) is 12.6. The van der Waals surface area contributed by atoms with Crippen LogP contribution in [0.15, 0.2) is 0 Å². The second kappa shape index (κ2) is 7.02. The van der Waals surface area contributed by atoms with Gasteiger partial charge in [0.15, 0.2) is 0 Å². The quantitative estimate of drug-likeness (QED) is 0.799. The lowest BCUT2D eigenvalue weighted by Crippen LogP contribution is -2.58. The lowest BCUT2D eigenvalue weighted by Gasteiger charge is -2.47. The molecule has 3 unspecified atom stereocenters. The summed E-state index contributed by atoms with van der Waals surface area (Å²) in [6.07, 6.45) is 7.63. The Bertz CT molecular complexity index is 267. The van der Waals surface area contributed by atoms with Crippen LogP contribution in [0, 0.1) is 0 Å². The molecule has 2 fully saturated rings. The van der Waals surface area contributed by atoms with Crippen LogP contribution in [0.4, 0.5) is 0 Å². The summed E-state index contributed by atoms with van der Waals surface area (Å²) in [5.74, 6) is 0. The summed E-state index contributed by atoms with van der Waals surface area (Å²) < 4.78 is 11.6. The van der Waals surface area contributed by atoms with E-state index in [1.807, 2.05) is 0 Å². The topological polar surface area (TPSA) is 47.7 Å². The zero-order chi connectivity index (χ0) is 13.7. The third kappa shape index (κ3) is 3.69. The van der Waals surface area contributed by atoms with Crippen molar-refractivity contribution in [3.8, 4) is 0 Å². The van der Waals surface area contributed by atoms with Crippen molar-refractivity contribution in [1.82, 2.24) is 4.90 Å². The lowest BCUT2D eigenvalue weighted by atomic mass is 9.83. The molecular weight excluding hydrogens is 240 g/mol. The van der Waals surface area contributed by atoms with Gasteiger partial charge < -0.3 is 15.2 Å². The molecule has 19 heavy (non-hydrogen) atoms. The molecule has 4 heteroatoms. The molecule has 2 aliphatic heterocycles. The molecule has 4 nitrogen and oxygen atoms in total. The van der Waals surface area contributed by atoms with Gasteiger partial charge in [-0.3, -0.25) is 4.90 Å². The predicted octanol–water partition coefficient (Wildman–Crippen LogP) is 1.77. The minimum atomic E-state index is 0.115. The van der Waals surface area contributed by atoms with E-state index in [1.54, 1.807) is 0 Å². The monoisotopic (exact) mass is 270 g/mol.